The van der Waals surface area contributed by atoms with Crippen LogP contribution < -0.4 is 4.74 Å². The highest BCUT2D eigenvalue weighted by Gasteiger charge is 2.13. The van der Waals surface area contributed by atoms with E-state index in [-0.39, 0.29) is 17.3 Å². The van der Waals surface area contributed by atoms with Crippen molar-refractivity contribution in [1.29, 1.82) is 0 Å². The molecule has 0 saturated heterocycles. The van der Waals surface area contributed by atoms with Gasteiger partial charge in [-0.2, -0.15) is 0 Å². The molecule has 5 nitrogen and oxygen atoms in total. The summed E-state index contributed by atoms with van der Waals surface area (Å²) in [6, 6.07) is 6.38. The van der Waals surface area contributed by atoms with Crippen molar-refractivity contribution < 1.29 is 14.6 Å². The summed E-state index contributed by atoms with van der Waals surface area (Å²) in [5.74, 6) is -0.874. The Bertz CT molecular complexity index is 546. The first kappa shape index (κ1) is 11.5. The predicted molar refractivity (Wildman–Crippen MR) is 63.2 cm³/mol. The van der Waals surface area contributed by atoms with Gasteiger partial charge in [-0.15, -0.1) is 0 Å². The van der Waals surface area contributed by atoms with Crippen molar-refractivity contribution in [1.82, 2.24) is 9.97 Å². The molecule has 0 aliphatic heterocycles. The number of carbonyl (C=O) groups is 1. The molecular formula is C11H7BrN2O3. The number of carboxylic acids is 1. The third-order valence-corrected chi connectivity index (χ3v) is 2.41. The summed E-state index contributed by atoms with van der Waals surface area (Å²) in [5, 5.41) is 9.00. The van der Waals surface area contributed by atoms with Crippen molar-refractivity contribution >= 4 is 21.9 Å². The summed E-state index contributed by atoms with van der Waals surface area (Å²) in [6.07, 6.45) is 3.03. The first-order chi connectivity index (χ1) is 8.16. The van der Waals surface area contributed by atoms with E-state index in [4.69, 9.17) is 9.84 Å². The van der Waals surface area contributed by atoms with Crippen molar-refractivity contribution in [2.24, 2.45) is 0 Å². The highest BCUT2D eigenvalue weighted by Crippen LogP contribution is 2.26. The van der Waals surface area contributed by atoms with E-state index in [2.05, 4.69) is 25.9 Å². The van der Waals surface area contributed by atoms with Gasteiger partial charge in [0.2, 0.25) is 0 Å². The van der Waals surface area contributed by atoms with Crippen LogP contribution in [0.15, 0.2) is 41.1 Å². The molecule has 86 valence electrons. The van der Waals surface area contributed by atoms with Crippen LogP contribution >= 0.6 is 15.9 Å². The molecule has 1 aromatic carbocycles. The van der Waals surface area contributed by atoms with Crippen molar-refractivity contribution in [2.45, 2.75) is 0 Å². The third-order valence-electron chi connectivity index (χ3n) is 1.92. The smallest absolute Gasteiger partial charge is 0.339 e. The number of ether oxygens (including phenoxy) is 1. The second kappa shape index (κ2) is 4.92. The van der Waals surface area contributed by atoms with Crippen LogP contribution in [0.5, 0.6) is 11.8 Å². The fraction of sp³-hybridized carbons (Fsp3) is 0. The summed E-state index contributed by atoms with van der Waals surface area (Å²) in [4.78, 5) is 18.7. The highest BCUT2D eigenvalue weighted by molar-refractivity contribution is 9.10. The monoisotopic (exact) mass is 294 g/mol. The van der Waals surface area contributed by atoms with Crippen LogP contribution in [0.3, 0.4) is 0 Å². The Morgan fingerprint density at radius 1 is 1.29 bits per heavy atom. The minimum Gasteiger partial charge on any atom is -0.478 e. The molecular weight excluding hydrogens is 288 g/mol. The Hall–Kier alpha value is -1.95. The first-order valence-corrected chi connectivity index (χ1v) is 5.44. The molecule has 0 fully saturated rings. The van der Waals surface area contributed by atoms with E-state index in [0.717, 1.165) is 0 Å². The molecule has 0 spiro atoms. The zero-order valence-electron chi connectivity index (χ0n) is 8.50. The average Bonchev–Trinajstić information content (AvgIpc) is 2.30. The van der Waals surface area contributed by atoms with E-state index in [0.29, 0.717) is 4.47 Å². The van der Waals surface area contributed by atoms with E-state index in [1.807, 2.05) is 0 Å². The predicted octanol–water partition coefficient (Wildman–Crippen LogP) is 2.73. The van der Waals surface area contributed by atoms with E-state index in [1.165, 1.54) is 18.5 Å². The molecule has 0 atom stereocenters. The van der Waals surface area contributed by atoms with Crippen LogP contribution in [0.2, 0.25) is 0 Å². The number of rotatable bonds is 3. The topological polar surface area (TPSA) is 72.3 Å². The molecule has 0 aliphatic carbocycles. The maximum atomic E-state index is 11.0. The Labute approximate surface area is 105 Å². The Kier molecular flexibility index (Phi) is 3.34. The van der Waals surface area contributed by atoms with Crippen molar-refractivity contribution in [2.75, 3.05) is 0 Å². The van der Waals surface area contributed by atoms with Gasteiger partial charge in [0.15, 0.2) is 0 Å². The minimum atomic E-state index is -1.07. The van der Waals surface area contributed by atoms with Gasteiger partial charge in [0, 0.05) is 16.9 Å². The van der Waals surface area contributed by atoms with E-state index in [9.17, 15) is 4.79 Å². The van der Waals surface area contributed by atoms with Crippen molar-refractivity contribution in [3.05, 3.63) is 46.7 Å². The SMILES string of the molecule is O=C(O)c1ccc(Br)cc1Oc1ncccn1. The molecule has 1 aromatic heterocycles. The molecule has 6 heteroatoms. The van der Waals surface area contributed by atoms with E-state index < -0.39 is 5.97 Å². The third kappa shape index (κ3) is 2.79. The lowest BCUT2D eigenvalue weighted by Crippen LogP contribution is -2.01. The number of carboxylic acid groups (broad SMARTS) is 1. The Morgan fingerprint density at radius 2 is 2.00 bits per heavy atom. The number of aromatic nitrogens is 2. The minimum absolute atomic E-state index is 0.0562. The van der Waals surface area contributed by atoms with Gasteiger partial charge in [0.05, 0.1) is 0 Å². The lowest BCUT2D eigenvalue weighted by molar-refractivity contribution is 0.0694. The number of benzene rings is 1. The molecule has 0 aliphatic rings. The molecule has 17 heavy (non-hydrogen) atoms. The van der Waals surface area contributed by atoms with Gasteiger partial charge >= 0.3 is 12.0 Å². The number of hydrogen-bond acceptors (Lipinski definition) is 4. The lowest BCUT2D eigenvalue weighted by Gasteiger charge is -2.06. The van der Waals surface area contributed by atoms with Gasteiger partial charge in [-0.1, -0.05) is 15.9 Å². The Balaban J connectivity index is 2.37. The highest BCUT2D eigenvalue weighted by atomic mass is 79.9. The summed E-state index contributed by atoms with van der Waals surface area (Å²) < 4.78 is 6.03. The lowest BCUT2D eigenvalue weighted by atomic mass is 10.2. The molecule has 0 amide bonds. The molecule has 2 rings (SSSR count). The molecule has 1 N–H and O–H groups in total. The second-order valence-corrected chi connectivity index (χ2v) is 3.99. The van der Waals surface area contributed by atoms with Crippen LogP contribution in [0, 0.1) is 0 Å². The van der Waals surface area contributed by atoms with Crippen molar-refractivity contribution in [3.8, 4) is 11.8 Å². The summed E-state index contributed by atoms with van der Waals surface area (Å²) in [5.41, 5.74) is 0.0562. The molecule has 0 radical (unpaired) electrons. The first-order valence-electron chi connectivity index (χ1n) is 4.64. The zero-order chi connectivity index (χ0) is 12.3. The zero-order valence-corrected chi connectivity index (χ0v) is 10.1. The van der Waals surface area contributed by atoms with Crippen molar-refractivity contribution in [3.63, 3.8) is 0 Å². The van der Waals surface area contributed by atoms with Crippen LogP contribution in [0.4, 0.5) is 0 Å². The van der Waals surface area contributed by atoms with Crippen LogP contribution in [-0.4, -0.2) is 21.0 Å². The molecule has 0 unspecified atom stereocenters. The molecule has 0 saturated carbocycles. The maximum absolute atomic E-state index is 11.0. The summed E-state index contributed by atoms with van der Waals surface area (Å²) in [7, 11) is 0. The van der Waals surface area contributed by atoms with E-state index in [1.54, 1.807) is 18.2 Å². The van der Waals surface area contributed by atoms with E-state index >= 15 is 0 Å². The fourth-order valence-electron chi connectivity index (χ4n) is 1.19. The quantitative estimate of drug-likeness (QED) is 0.942. The second-order valence-electron chi connectivity index (χ2n) is 3.08. The van der Waals surface area contributed by atoms with Crippen LogP contribution in [0.25, 0.3) is 0 Å². The Morgan fingerprint density at radius 3 is 2.65 bits per heavy atom. The van der Waals surface area contributed by atoms with Gasteiger partial charge in [-0.05, 0) is 24.3 Å². The van der Waals surface area contributed by atoms with Gasteiger partial charge in [0.1, 0.15) is 11.3 Å². The summed E-state index contributed by atoms with van der Waals surface area (Å²) >= 11 is 3.25. The average molecular weight is 295 g/mol. The number of aromatic carboxylic acids is 1. The molecule has 1 heterocycles. The number of halogens is 1. The molecule has 2 aromatic rings. The van der Waals surface area contributed by atoms with Gasteiger partial charge in [0.25, 0.3) is 0 Å². The van der Waals surface area contributed by atoms with Crippen LogP contribution in [-0.2, 0) is 0 Å². The number of nitrogens with zero attached hydrogens (tertiary/aromatic N) is 2. The molecule has 0 bridgehead atoms. The normalized spacial score (nSPS) is 9.94. The number of hydrogen-bond donors (Lipinski definition) is 1. The van der Waals surface area contributed by atoms with Crippen LogP contribution in [0.1, 0.15) is 10.4 Å². The van der Waals surface area contributed by atoms with Gasteiger partial charge < -0.3 is 9.84 Å². The largest absolute Gasteiger partial charge is 0.478 e. The fourth-order valence-corrected chi connectivity index (χ4v) is 1.53. The van der Waals surface area contributed by atoms with Gasteiger partial charge in [-0.25, -0.2) is 14.8 Å². The van der Waals surface area contributed by atoms with Gasteiger partial charge in [-0.3, -0.25) is 0 Å². The maximum Gasteiger partial charge on any atom is 0.339 e. The summed E-state index contributed by atoms with van der Waals surface area (Å²) in [6.45, 7) is 0. The standard InChI is InChI=1S/C11H7BrN2O3/c12-7-2-3-8(10(15)16)9(6-7)17-11-13-4-1-5-14-11/h1-6H,(H,15,16).